The summed E-state index contributed by atoms with van der Waals surface area (Å²) in [5.74, 6) is -0.537. The Bertz CT molecular complexity index is 2040. The maximum absolute atomic E-state index is 13.1. The van der Waals surface area contributed by atoms with Gasteiger partial charge in [0.2, 0.25) is 0 Å². The summed E-state index contributed by atoms with van der Waals surface area (Å²) < 4.78 is 68.7. The number of aliphatic hydroxyl groups excluding tert-OH is 1. The highest BCUT2D eigenvalue weighted by atomic mass is 31.2. The molecule has 101 heavy (non-hydrogen) atoms. The van der Waals surface area contributed by atoms with Gasteiger partial charge in [0.25, 0.3) is 0 Å². The molecular weight excluding hydrogens is 1320 g/mol. The molecule has 17 nitrogen and oxygen atoms in total. The van der Waals surface area contributed by atoms with E-state index in [-0.39, 0.29) is 25.7 Å². The lowest BCUT2D eigenvalue weighted by Gasteiger charge is -2.21. The summed E-state index contributed by atoms with van der Waals surface area (Å²) in [7, 11) is -9.93. The quantitative estimate of drug-likeness (QED) is 0.0169. The second kappa shape index (κ2) is 73.1. The molecule has 0 saturated heterocycles. The number of carbonyl (C=O) groups excluding carboxylic acids is 4. The molecule has 0 heterocycles. The Morgan fingerprint density at radius 2 is 0.535 bits per heavy atom. The number of esters is 4. The fraction of sp³-hybridized carbons (Fsp3) is 0.902. The number of rotatable bonds is 79. The molecule has 0 aromatic carbocycles. The Kier molecular flexibility index (Phi) is 71.3. The lowest BCUT2D eigenvalue weighted by molar-refractivity contribution is -0.161. The van der Waals surface area contributed by atoms with Crippen LogP contribution < -0.4 is 0 Å². The summed E-state index contributed by atoms with van der Waals surface area (Å²) in [6, 6.07) is 0. The minimum absolute atomic E-state index is 0.0854. The Hall–Kier alpha value is -2.46. The van der Waals surface area contributed by atoms with Crippen LogP contribution in [-0.2, 0) is 65.4 Å². The van der Waals surface area contributed by atoms with Gasteiger partial charge in [-0.25, -0.2) is 9.13 Å². The first-order valence-electron chi connectivity index (χ1n) is 41.8. The molecule has 0 amide bonds. The molecule has 0 radical (unpaired) electrons. The molecular formula is C82H156O17P2. The lowest BCUT2D eigenvalue weighted by Crippen LogP contribution is -2.30. The number of ether oxygens (including phenoxy) is 4. The van der Waals surface area contributed by atoms with Crippen molar-refractivity contribution in [3.63, 3.8) is 0 Å². The third kappa shape index (κ3) is 75.6. The van der Waals surface area contributed by atoms with Gasteiger partial charge < -0.3 is 33.8 Å². The van der Waals surface area contributed by atoms with Crippen molar-refractivity contribution in [2.24, 2.45) is 11.8 Å². The number of phosphoric ester groups is 2. The van der Waals surface area contributed by atoms with Gasteiger partial charge in [-0.2, -0.15) is 0 Å². The summed E-state index contributed by atoms with van der Waals surface area (Å²) in [6.07, 6.45) is 65.9. The van der Waals surface area contributed by atoms with Crippen LogP contribution in [0.1, 0.15) is 408 Å². The maximum Gasteiger partial charge on any atom is 0.472 e. The van der Waals surface area contributed by atoms with Crippen molar-refractivity contribution in [1.82, 2.24) is 0 Å². The van der Waals surface area contributed by atoms with Crippen LogP contribution in [0.5, 0.6) is 0 Å². The van der Waals surface area contributed by atoms with Crippen molar-refractivity contribution in [2.45, 2.75) is 426 Å². The van der Waals surface area contributed by atoms with Gasteiger partial charge in [0.05, 0.1) is 26.4 Å². The second-order valence-corrected chi connectivity index (χ2v) is 32.7. The number of phosphoric acid groups is 2. The Morgan fingerprint density at radius 1 is 0.307 bits per heavy atom. The Balaban J connectivity index is 5.29. The van der Waals surface area contributed by atoms with Crippen LogP contribution in [0.3, 0.4) is 0 Å². The number of allylic oxidation sites excluding steroid dienone is 4. The monoisotopic (exact) mass is 1480 g/mol. The van der Waals surface area contributed by atoms with Gasteiger partial charge in [0.15, 0.2) is 12.2 Å². The van der Waals surface area contributed by atoms with E-state index in [1.54, 1.807) is 0 Å². The third-order valence-corrected chi connectivity index (χ3v) is 20.5. The fourth-order valence-corrected chi connectivity index (χ4v) is 13.8. The molecule has 0 aromatic heterocycles. The van der Waals surface area contributed by atoms with E-state index in [0.717, 1.165) is 115 Å². The number of unbranched alkanes of at least 4 members (excludes halogenated alkanes) is 46. The van der Waals surface area contributed by atoms with Crippen molar-refractivity contribution in [2.75, 3.05) is 39.6 Å². The van der Waals surface area contributed by atoms with E-state index >= 15 is 0 Å². The second-order valence-electron chi connectivity index (χ2n) is 29.8. The molecule has 0 aliphatic carbocycles. The highest BCUT2D eigenvalue weighted by Gasteiger charge is 2.30. The van der Waals surface area contributed by atoms with Gasteiger partial charge in [0.1, 0.15) is 19.3 Å². The van der Waals surface area contributed by atoms with Crippen molar-refractivity contribution in [1.29, 1.82) is 0 Å². The van der Waals surface area contributed by atoms with Crippen molar-refractivity contribution < 1.29 is 80.2 Å². The van der Waals surface area contributed by atoms with Crippen molar-refractivity contribution in [3.8, 4) is 0 Å². The van der Waals surface area contributed by atoms with E-state index < -0.39 is 97.5 Å². The summed E-state index contributed by atoms with van der Waals surface area (Å²) in [5.41, 5.74) is 0. The summed E-state index contributed by atoms with van der Waals surface area (Å²) >= 11 is 0. The fourth-order valence-electron chi connectivity index (χ4n) is 12.2. The minimum Gasteiger partial charge on any atom is -0.462 e. The van der Waals surface area contributed by atoms with Gasteiger partial charge in [-0.1, -0.05) is 355 Å². The van der Waals surface area contributed by atoms with Gasteiger partial charge in [-0.05, 0) is 63.2 Å². The number of aliphatic hydroxyl groups is 1. The van der Waals surface area contributed by atoms with Crippen LogP contribution in [0.4, 0.5) is 0 Å². The molecule has 0 rings (SSSR count). The van der Waals surface area contributed by atoms with Gasteiger partial charge in [-0.3, -0.25) is 37.3 Å². The summed E-state index contributed by atoms with van der Waals surface area (Å²) in [5, 5.41) is 10.6. The van der Waals surface area contributed by atoms with Crippen LogP contribution in [0.2, 0.25) is 0 Å². The molecule has 3 N–H and O–H groups in total. The van der Waals surface area contributed by atoms with E-state index in [4.69, 9.17) is 37.0 Å². The molecule has 0 saturated carbocycles. The van der Waals surface area contributed by atoms with Crippen molar-refractivity contribution >= 4 is 39.5 Å². The number of carbonyl (C=O) groups is 4. The van der Waals surface area contributed by atoms with Gasteiger partial charge >= 0.3 is 39.5 Å². The summed E-state index contributed by atoms with van der Waals surface area (Å²) in [6.45, 7) is 9.62. The molecule has 2 unspecified atom stereocenters. The number of hydrogen-bond donors (Lipinski definition) is 3. The topological polar surface area (TPSA) is 237 Å². The molecule has 0 bridgehead atoms. The zero-order chi connectivity index (χ0) is 74.2. The predicted molar refractivity (Wildman–Crippen MR) is 414 cm³/mol. The molecule has 0 spiro atoms. The first kappa shape index (κ1) is 98.5. The largest absolute Gasteiger partial charge is 0.472 e. The molecule has 596 valence electrons. The summed E-state index contributed by atoms with van der Waals surface area (Å²) in [4.78, 5) is 73.0. The number of hydrogen-bond acceptors (Lipinski definition) is 15. The SMILES string of the molecule is CCCCCC/C=C\C=C/CCCCCCCC(=O)O[C@H](COC(=O)CCCCCCCCCCCCC)COP(=O)(O)OC[C@H](O)COP(=O)(O)OC[C@@H](COC(=O)CCCCCCCCCCCCCCCCC(C)C)OC(=O)CCCCCCCCCCCCCCCCCC(C)C. The van der Waals surface area contributed by atoms with E-state index in [9.17, 15) is 43.2 Å². The average molecular weight is 1480 g/mol. The molecule has 0 aromatic rings. The van der Waals surface area contributed by atoms with Crippen molar-refractivity contribution in [3.05, 3.63) is 24.3 Å². The molecule has 19 heteroatoms. The predicted octanol–water partition coefficient (Wildman–Crippen LogP) is 24.2. The third-order valence-electron chi connectivity index (χ3n) is 18.6. The van der Waals surface area contributed by atoms with E-state index in [2.05, 4.69) is 65.8 Å². The van der Waals surface area contributed by atoms with E-state index in [1.165, 1.54) is 212 Å². The van der Waals surface area contributed by atoms with Crippen LogP contribution in [0.25, 0.3) is 0 Å². The minimum atomic E-state index is -4.97. The zero-order valence-electron chi connectivity index (χ0n) is 65.7. The van der Waals surface area contributed by atoms with Crippen LogP contribution in [0.15, 0.2) is 24.3 Å². The highest BCUT2D eigenvalue weighted by molar-refractivity contribution is 7.47. The first-order valence-corrected chi connectivity index (χ1v) is 44.8. The standard InChI is InChI=1S/C82H156O17P2/c1-7-9-11-13-15-17-19-20-22-30-36-42-48-54-60-66-81(86)98-77(70-92-79(84)64-58-52-46-40-32-18-16-14-12-10-8-2)72-96-100(88,89)94-68-76(83)69-95-101(90,91)97-73-78(71-93-80(85)65-59-53-47-41-35-29-26-25-28-34-39-45-51-57-63-75(5)6)99-82(87)67-61-55-49-43-37-31-24-21-23-27-33-38-44-50-56-62-74(3)4/h17,19-20,22,74-78,83H,7-16,18,21,23-73H2,1-6H3,(H,88,89)(H,90,91)/b19-17-,22-20-/t76-,77+,78+/m0/s1. The smallest absolute Gasteiger partial charge is 0.462 e. The Labute approximate surface area is 618 Å². The molecule has 5 atom stereocenters. The molecule has 0 fully saturated rings. The van der Waals surface area contributed by atoms with E-state index in [1.807, 2.05) is 0 Å². The van der Waals surface area contributed by atoms with Gasteiger partial charge in [-0.15, -0.1) is 0 Å². The molecule has 0 aliphatic heterocycles. The van der Waals surface area contributed by atoms with Crippen LogP contribution >= 0.6 is 15.6 Å². The van der Waals surface area contributed by atoms with Crippen LogP contribution in [-0.4, -0.2) is 96.7 Å². The molecule has 0 aliphatic rings. The lowest BCUT2D eigenvalue weighted by atomic mass is 10.0. The van der Waals surface area contributed by atoms with Gasteiger partial charge in [0, 0.05) is 25.7 Å². The highest BCUT2D eigenvalue weighted by Crippen LogP contribution is 2.45. The zero-order valence-corrected chi connectivity index (χ0v) is 67.5. The normalized spacial score (nSPS) is 14.0. The van der Waals surface area contributed by atoms with Crippen LogP contribution in [0, 0.1) is 11.8 Å². The maximum atomic E-state index is 13.1. The van der Waals surface area contributed by atoms with E-state index in [0.29, 0.717) is 25.7 Å². The average Bonchev–Trinajstić information content (AvgIpc) is 3.48. The first-order chi connectivity index (χ1) is 48.9. The Morgan fingerprint density at radius 3 is 0.812 bits per heavy atom.